The third-order valence-electron chi connectivity index (χ3n) is 4.67. The first-order valence-corrected chi connectivity index (χ1v) is 10.2. The van der Waals surface area contributed by atoms with Crippen molar-refractivity contribution < 1.29 is 9.53 Å². The maximum Gasteiger partial charge on any atom is 0.270 e. The Morgan fingerprint density at radius 1 is 1.21 bits per heavy atom. The Hall–Kier alpha value is -2.77. The molecule has 1 aliphatic heterocycles. The Morgan fingerprint density at radius 3 is 2.96 bits per heavy atom. The van der Waals surface area contributed by atoms with E-state index in [1.807, 2.05) is 36.4 Å². The first-order chi connectivity index (χ1) is 13.7. The van der Waals surface area contributed by atoms with E-state index < -0.39 is 0 Å². The van der Waals surface area contributed by atoms with Crippen molar-refractivity contribution in [2.24, 2.45) is 0 Å². The largest absolute Gasteiger partial charge is 0.377 e. The second-order valence-electron chi connectivity index (χ2n) is 6.63. The van der Waals surface area contributed by atoms with E-state index in [9.17, 15) is 9.59 Å². The SMILES string of the molecule is O=C(NNc1ccc2c(=O)[nH]ccc2c1)c1ccccc1SCC1CCCO1. The number of amides is 1. The minimum absolute atomic E-state index is 0.134. The Labute approximate surface area is 166 Å². The molecule has 0 radical (unpaired) electrons. The van der Waals surface area contributed by atoms with Gasteiger partial charge in [0.05, 0.1) is 17.4 Å². The molecular formula is C21H21N3O3S. The number of rotatable bonds is 6. The van der Waals surface area contributed by atoms with Gasteiger partial charge in [-0.05, 0) is 54.6 Å². The van der Waals surface area contributed by atoms with E-state index in [2.05, 4.69) is 15.8 Å². The Kier molecular flexibility index (Phi) is 5.64. The van der Waals surface area contributed by atoms with Gasteiger partial charge in [0.15, 0.2) is 0 Å². The first-order valence-electron chi connectivity index (χ1n) is 9.22. The number of thioether (sulfide) groups is 1. The molecule has 1 saturated heterocycles. The molecule has 0 bridgehead atoms. The van der Waals surface area contributed by atoms with Crippen molar-refractivity contribution >= 4 is 34.1 Å². The molecule has 1 aliphatic rings. The predicted octanol–water partition coefficient (Wildman–Crippen LogP) is 3.56. The van der Waals surface area contributed by atoms with Crippen LogP contribution >= 0.6 is 11.8 Å². The number of carbonyl (C=O) groups is 1. The van der Waals surface area contributed by atoms with E-state index in [1.54, 1.807) is 30.1 Å². The molecule has 1 amide bonds. The molecule has 28 heavy (non-hydrogen) atoms. The lowest BCUT2D eigenvalue weighted by Crippen LogP contribution is -2.29. The third-order valence-corrected chi connectivity index (χ3v) is 5.88. The van der Waals surface area contributed by atoms with Crippen LogP contribution in [0.25, 0.3) is 10.8 Å². The summed E-state index contributed by atoms with van der Waals surface area (Å²) in [5.74, 6) is 0.637. The number of fused-ring (bicyclic) bond motifs is 1. The standard InChI is InChI=1S/C21H21N3O3S/c25-20-17-8-7-15(12-14(17)9-10-22-20)23-24-21(26)18-5-1-2-6-19(18)28-13-16-4-3-11-27-16/h1-2,5-10,12,16,23H,3-4,11,13H2,(H,22,25)(H,24,26). The fraction of sp³-hybridized carbons (Fsp3) is 0.238. The number of H-pyrrole nitrogens is 1. The second kappa shape index (κ2) is 8.50. The number of pyridine rings is 1. The lowest BCUT2D eigenvalue weighted by atomic mass is 10.1. The van der Waals surface area contributed by atoms with Crippen LogP contribution in [0.1, 0.15) is 23.2 Å². The molecule has 1 atom stereocenters. The third kappa shape index (κ3) is 4.21. The molecule has 1 fully saturated rings. The van der Waals surface area contributed by atoms with E-state index in [1.165, 1.54) is 0 Å². The van der Waals surface area contributed by atoms with Crippen molar-refractivity contribution in [3.05, 3.63) is 70.6 Å². The summed E-state index contributed by atoms with van der Waals surface area (Å²) in [4.78, 5) is 28.0. The molecule has 0 saturated carbocycles. The van der Waals surface area contributed by atoms with Crippen LogP contribution in [0.15, 0.2) is 64.4 Å². The van der Waals surface area contributed by atoms with Gasteiger partial charge in [-0.3, -0.25) is 20.4 Å². The number of hydrogen-bond acceptors (Lipinski definition) is 5. The first kappa shape index (κ1) is 18.6. The lowest BCUT2D eigenvalue weighted by Gasteiger charge is -2.13. The molecule has 6 nitrogen and oxygen atoms in total. The maximum atomic E-state index is 12.7. The number of ether oxygens (including phenoxy) is 1. The molecule has 1 unspecified atom stereocenters. The Morgan fingerprint density at radius 2 is 2.11 bits per heavy atom. The van der Waals surface area contributed by atoms with Gasteiger partial charge in [-0.15, -0.1) is 11.8 Å². The summed E-state index contributed by atoms with van der Waals surface area (Å²) in [5.41, 5.74) is 6.87. The number of hydrazine groups is 1. The van der Waals surface area contributed by atoms with E-state index >= 15 is 0 Å². The zero-order valence-electron chi connectivity index (χ0n) is 15.2. The molecule has 3 aromatic rings. The van der Waals surface area contributed by atoms with Gasteiger partial charge >= 0.3 is 0 Å². The zero-order valence-corrected chi connectivity index (χ0v) is 16.1. The number of aromatic nitrogens is 1. The molecule has 7 heteroatoms. The van der Waals surface area contributed by atoms with Crippen molar-refractivity contribution in [3.8, 4) is 0 Å². The van der Waals surface area contributed by atoms with Gasteiger partial charge < -0.3 is 9.72 Å². The van der Waals surface area contributed by atoms with Gasteiger partial charge in [0, 0.05) is 28.8 Å². The highest BCUT2D eigenvalue weighted by molar-refractivity contribution is 7.99. The summed E-state index contributed by atoms with van der Waals surface area (Å²) < 4.78 is 5.67. The van der Waals surface area contributed by atoms with E-state index in [4.69, 9.17) is 4.74 Å². The molecule has 1 aromatic heterocycles. The summed E-state index contributed by atoms with van der Waals surface area (Å²) >= 11 is 1.65. The summed E-state index contributed by atoms with van der Waals surface area (Å²) in [6.45, 7) is 0.828. The lowest BCUT2D eigenvalue weighted by molar-refractivity contribution is 0.0959. The number of carbonyl (C=O) groups excluding carboxylic acids is 1. The molecule has 0 spiro atoms. The quantitative estimate of drug-likeness (QED) is 0.439. The van der Waals surface area contributed by atoms with E-state index in [0.717, 1.165) is 35.5 Å². The van der Waals surface area contributed by atoms with Crippen LogP contribution in [-0.4, -0.2) is 29.4 Å². The minimum Gasteiger partial charge on any atom is -0.377 e. The van der Waals surface area contributed by atoms with Crippen molar-refractivity contribution in [3.63, 3.8) is 0 Å². The summed E-state index contributed by atoms with van der Waals surface area (Å²) in [5, 5.41) is 1.41. The molecule has 4 rings (SSSR count). The number of benzene rings is 2. The van der Waals surface area contributed by atoms with Crippen LogP contribution in [0.4, 0.5) is 5.69 Å². The van der Waals surface area contributed by atoms with Crippen LogP contribution in [0, 0.1) is 0 Å². The van der Waals surface area contributed by atoms with Gasteiger partial charge in [0.25, 0.3) is 11.5 Å². The molecule has 2 heterocycles. The molecule has 3 N–H and O–H groups in total. The zero-order chi connectivity index (χ0) is 19.3. The van der Waals surface area contributed by atoms with Crippen LogP contribution < -0.4 is 16.4 Å². The van der Waals surface area contributed by atoms with Gasteiger partial charge in [0.1, 0.15) is 0 Å². The molecule has 0 aliphatic carbocycles. The normalized spacial score (nSPS) is 16.2. The topological polar surface area (TPSA) is 83.2 Å². The highest BCUT2D eigenvalue weighted by Crippen LogP contribution is 2.26. The minimum atomic E-state index is -0.207. The van der Waals surface area contributed by atoms with Crippen LogP contribution in [0.5, 0.6) is 0 Å². The van der Waals surface area contributed by atoms with Crippen molar-refractivity contribution in [2.75, 3.05) is 17.8 Å². The maximum absolute atomic E-state index is 12.7. The summed E-state index contributed by atoms with van der Waals surface area (Å²) in [6, 6.07) is 14.7. The van der Waals surface area contributed by atoms with Crippen LogP contribution in [0.3, 0.4) is 0 Å². The fourth-order valence-electron chi connectivity index (χ4n) is 3.20. The van der Waals surface area contributed by atoms with Crippen molar-refractivity contribution in [1.82, 2.24) is 10.4 Å². The Bertz CT molecular complexity index is 1040. The highest BCUT2D eigenvalue weighted by Gasteiger charge is 2.18. The molecule has 2 aromatic carbocycles. The summed E-state index contributed by atoms with van der Waals surface area (Å²) in [7, 11) is 0. The van der Waals surface area contributed by atoms with Crippen molar-refractivity contribution in [2.45, 2.75) is 23.8 Å². The van der Waals surface area contributed by atoms with Gasteiger partial charge in [0.2, 0.25) is 0 Å². The molecular weight excluding hydrogens is 374 g/mol. The summed E-state index contributed by atoms with van der Waals surface area (Å²) in [6.07, 6.45) is 4.05. The van der Waals surface area contributed by atoms with Gasteiger partial charge in [-0.25, -0.2) is 0 Å². The average molecular weight is 395 g/mol. The number of nitrogens with one attached hydrogen (secondary N) is 3. The van der Waals surface area contributed by atoms with Crippen LogP contribution in [0.2, 0.25) is 0 Å². The van der Waals surface area contributed by atoms with Crippen LogP contribution in [-0.2, 0) is 4.74 Å². The number of aromatic amines is 1. The van der Waals surface area contributed by atoms with Crippen molar-refractivity contribution in [1.29, 1.82) is 0 Å². The number of anilines is 1. The highest BCUT2D eigenvalue weighted by atomic mass is 32.2. The molecule has 144 valence electrons. The van der Waals surface area contributed by atoms with E-state index in [-0.39, 0.29) is 17.6 Å². The smallest absolute Gasteiger partial charge is 0.270 e. The fourth-order valence-corrected chi connectivity index (χ4v) is 4.32. The van der Waals surface area contributed by atoms with Gasteiger partial charge in [-0.1, -0.05) is 12.1 Å². The van der Waals surface area contributed by atoms with Gasteiger partial charge in [-0.2, -0.15) is 0 Å². The Balaban J connectivity index is 1.43. The predicted molar refractivity (Wildman–Crippen MR) is 112 cm³/mol. The average Bonchev–Trinajstić information content (AvgIpc) is 3.24. The second-order valence-corrected chi connectivity index (χ2v) is 7.69. The van der Waals surface area contributed by atoms with E-state index in [0.29, 0.717) is 16.6 Å². The monoisotopic (exact) mass is 395 g/mol. The number of hydrogen-bond donors (Lipinski definition) is 3.